The molecule has 0 spiro atoms. The largest absolute Gasteiger partial charge is 0.452 e. The van der Waals surface area contributed by atoms with Crippen molar-refractivity contribution in [3.63, 3.8) is 0 Å². The van der Waals surface area contributed by atoms with Gasteiger partial charge in [0.1, 0.15) is 0 Å². The average molecular weight is 376 g/mol. The van der Waals surface area contributed by atoms with E-state index in [2.05, 4.69) is 5.32 Å². The van der Waals surface area contributed by atoms with E-state index in [1.165, 1.54) is 6.08 Å². The molecule has 2 rings (SSSR count). The molecule has 0 atom stereocenters. The first-order chi connectivity index (χ1) is 12.0. The van der Waals surface area contributed by atoms with Gasteiger partial charge in [-0.25, -0.2) is 4.79 Å². The monoisotopic (exact) mass is 375 g/mol. The number of esters is 1. The highest BCUT2D eigenvalue weighted by atomic mass is 35.5. The van der Waals surface area contributed by atoms with Crippen LogP contribution in [0.2, 0.25) is 5.02 Å². The molecule has 6 heteroatoms. The number of hydrogen-bond acceptors (Lipinski definition) is 4. The van der Waals surface area contributed by atoms with Crippen molar-refractivity contribution in [3.05, 3.63) is 64.7 Å². The van der Waals surface area contributed by atoms with Crippen LogP contribution >= 0.6 is 23.4 Å². The summed E-state index contributed by atoms with van der Waals surface area (Å²) in [5.41, 5.74) is 2.36. The molecular formula is C19H18ClNO3S. The summed E-state index contributed by atoms with van der Waals surface area (Å²) in [6.07, 6.45) is 4.93. The fourth-order valence-electron chi connectivity index (χ4n) is 1.97. The first-order valence-electron chi connectivity index (χ1n) is 7.53. The highest BCUT2D eigenvalue weighted by Gasteiger charge is 2.08. The number of nitrogens with one attached hydrogen (secondary N) is 1. The van der Waals surface area contributed by atoms with E-state index < -0.39 is 11.9 Å². The van der Waals surface area contributed by atoms with Crippen LogP contribution in [-0.4, -0.2) is 24.7 Å². The van der Waals surface area contributed by atoms with Gasteiger partial charge < -0.3 is 10.1 Å². The average Bonchev–Trinajstić information content (AvgIpc) is 2.61. The lowest BCUT2D eigenvalue weighted by Gasteiger charge is -2.07. The molecule has 0 aliphatic rings. The molecule has 1 N–H and O–H groups in total. The van der Waals surface area contributed by atoms with Crippen LogP contribution < -0.4 is 5.32 Å². The van der Waals surface area contributed by atoms with Gasteiger partial charge in [0.25, 0.3) is 5.91 Å². The van der Waals surface area contributed by atoms with Crippen LogP contribution in [0.1, 0.15) is 11.1 Å². The summed E-state index contributed by atoms with van der Waals surface area (Å²) in [5.74, 6) is -1.03. The van der Waals surface area contributed by atoms with E-state index in [1.54, 1.807) is 30.0 Å². The van der Waals surface area contributed by atoms with Gasteiger partial charge in [0, 0.05) is 11.0 Å². The number of rotatable bonds is 6. The lowest BCUT2D eigenvalue weighted by atomic mass is 10.2. The number of amides is 1. The fraction of sp³-hybridized carbons (Fsp3) is 0.158. The van der Waals surface area contributed by atoms with Crippen molar-refractivity contribution >= 4 is 47.0 Å². The molecule has 0 saturated heterocycles. The van der Waals surface area contributed by atoms with E-state index in [0.29, 0.717) is 10.7 Å². The summed E-state index contributed by atoms with van der Waals surface area (Å²) in [6.45, 7) is 1.53. The molecular weight excluding hydrogens is 358 g/mol. The van der Waals surface area contributed by atoms with E-state index in [9.17, 15) is 9.59 Å². The van der Waals surface area contributed by atoms with E-state index in [4.69, 9.17) is 16.3 Å². The van der Waals surface area contributed by atoms with Gasteiger partial charge in [-0.2, -0.15) is 0 Å². The summed E-state index contributed by atoms with van der Waals surface area (Å²) in [6, 6.07) is 13.0. The van der Waals surface area contributed by atoms with Crippen LogP contribution in [0.3, 0.4) is 0 Å². The van der Waals surface area contributed by atoms with Crippen LogP contribution in [0.5, 0.6) is 0 Å². The minimum absolute atomic E-state index is 0.376. The van der Waals surface area contributed by atoms with Gasteiger partial charge in [-0.15, -0.1) is 11.8 Å². The van der Waals surface area contributed by atoms with Crippen molar-refractivity contribution in [3.8, 4) is 0 Å². The maximum absolute atomic E-state index is 11.8. The van der Waals surface area contributed by atoms with Gasteiger partial charge in [-0.1, -0.05) is 29.8 Å². The molecule has 1 amide bonds. The number of hydrogen-bond donors (Lipinski definition) is 1. The smallest absolute Gasteiger partial charge is 0.331 e. The molecule has 0 aromatic heterocycles. The lowest BCUT2D eigenvalue weighted by Crippen LogP contribution is -2.20. The molecule has 0 aliphatic carbocycles. The lowest BCUT2D eigenvalue weighted by molar-refractivity contribution is -0.142. The van der Waals surface area contributed by atoms with Gasteiger partial charge in [-0.3, -0.25) is 4.79 Å². The second-order valence-corrected chi connectivity index (χ2v) is 6.53. The van der Waals surface area contributed by atoms with Gasteiger partial charge in [-0.05, 0) is 54.6 Å². The Bertz CT molecular complexity index is 788. The maximum Gasteiger partial charge on any atom is 0.331 e. The van der Waals surface area contributed by atoms with E-state index in [-0.39, 0.29) is 6.61 Å². The second kappa shape index (κ2) is 9.30. The van der Waals surface area contributed by atoms with Gasteiger partial charge >= 0.3 is 5.97 Å². The van der Waals surface area contributed by atoms with Crippen LogP contribution in [-0.2, 0) is 14.3 Å². The summed E-state index contributed by atoms with van der Waals surface area (Å²) in [5, 5.41) is 3.04. The molecule has 0 unspecified atom stereocenters. The standard InChI is InChI=1S/C19H18ClNO3S/c1-13-3-9-17(16(20)11-13)21-18(22)12-24-19(23)10-6-14-4-7-15(25-2)8-5-14/h3-11H,12H2,1-2H3,(H,21,22)/b10-6+. The number of thioether (sulfide) groups is 1. The Hall–Kier alpha value is -2.24. The SMILES string of the molecule is CSc1ccc(/C=C/C(=O)OCC(=O)Nc2ccc(C)cc2Cl)cc1. The molecule has 130 valence electrons. The van der Waals surface area contributed by atoms with Crippen LogP contribution in [0.15, 0.2) is 53.4 Å². The van der Waals surface area contributed by atoms with Crippen molar-refractivity contribution in [2.45, 2.75) is 11.8 Å². The molecule has 0 bridgehead atoms. The topological polar surface area (TPSA) is 55.4 Å². The summed E-state index contributed by atoms with van der Waals surface area (Å²) in [4.78, 5) is 24.7. The number of carbonyl (C=O) groups is 2. The van der Waals surface area contributed by atoms with Crippen molar-refractivity contribution in [1.82, 2.24) is 0 Å². The predicted octanol–water partition coefficient (Wildman–Crippen LogP) is 4.57. The number of aryl methyl sites for hydroxylation is 1. The molecule has 0 radical (unpaired) electrons. The van der Waals surface area contributed by atoms with Crippen LogP contribution in [0.4, 0.5) is 5.69 Å². The predicted molar refractivity (Wildman–Crippen MR) is 103 cm³/mol. The molecule has 4 nitrogen and oxygen atoms in total. The number of anilines is 1. The van der Waals surface area contributed by atoms with Crippen LogP contribution in [0, 0.1) is 6.92 Å². The Morgan fingerprint density at radius 2 is 1.92 bits per heavy atom. The Morgan fingerprint density at radius 3 is 2.56 bits per heavy atom. The first-order valence-corrected chi connectivity index (χ1v) is 9.13. The third-order valence-electron chi connectivity index (χ3n) is 3.27. The van der Waals surface area contributed by atoms with Crippen molar-refractivity contribution in [1.29, 1.82) is 0 Å². The Kier molecular flexibility index (Phi) is 7.10. The highest BCUT2D eigenvalue weighted by Crippen LogP contribution is 2.22. The molecule has 0 fully saturated rings. The molecule has 2 aromatic rings. The number of ether oxygens (including phenoxy) is 1. The normalized spacial score (nSPS) is 10.7. The van der Waals surface area contributed by atoms with Crippen LogP contribution in [0.25, 0.3) is 6.08 Å². The quantitative estimate of drug-likeness (QED) is 0.456. The number of halogens is 1. The van der Waals surface area contributed by atoms with Gasteiger partial charge in [0.2, 0.25) is 0 Å². The van der Waals surface area contributed by atoms with Crippen molar-refractivity contribution in [2.75, 3.05) is 18.2 Å². The summed E-state index contributed by atoms with van der Waals surface area (Å²) >= 11 is 7.69. The molecule has 25 heavy (non-hydrogen) atoms. The second-order valence-electron chi connectivity index (χ2n) is 5.25. The third kappa shape index (κ3) is 6.29. The number of benzene rings is 2. The zero-order chi connectivity index (χ0) is 18.2. The fourth-order valence-corrected chi connectivity index (χ4v) is 2.66. The Morgan fingerprint density at radius 1 is 1.20 bits per heavy atom. The molecule has 0 aliphatic heterocycles. The zero-order valence-electron chi connectivity index (χ0n) is 13.9. The number of carbonyl (C=O) groups excluding carboxylic acids is 2. The van der Waals surface area contributed by atoms with Crippen molar-refractivity contribution < 1.29 is 14.3 Å². The Labute approximate surface area is 156 Å². The molecule has 2 aromatic carbocycles. The van der Waals surface area contributed by atoms with E-state index >= 15 is 0 Å². The minimum Gasteiger partial charge on any atom is -0.452 e. The van der Waals surface area contributed by atoms with Gasteiger partial charge in [0.05, 0.1) is 10.7 Å². The third-order valence-corrected chi connectivity index (χ3v) is 4.33. The highest BCUT2D eigenvalue weighted by molar-refractivity contribution is 7.98. The van der Waals surface area contributed by atoms with Crippen molar-refractivity contribution in [2.24, 2.45) is 0 Å². The summed E-state index contributed by atoms with van der Waals surface area (Å²) in [7, 11) is 0. The molecule has 0 heterocycles. The van der Waals surface area contributed by atoms with Gasteiger partial charge in [0.15, 0.2) is 6.61 Å². The summed E-state index contributed by atoms with van der Waals surface area (Å²) < 4.78 is 4.92. The Balaban J connectivity index is 1.82. The maximum atomic E-state index is 11.8. The molecule has 0 saturated carbocycles. The first kappa shape index (κ1) is 19.1. The minimum atomic E-state index is -0.584. The van der Waals surface area contributed by atoms with E-state index in [0.717, 1.165) is 16.0 Å². The zero-order valence-corrected chi connectivity index (χ0v) is 15.5. The van der Waals surface area contributed by atoms with E-state index in [1.807, 2.05) is 43.5 Å².